The fourth-order valence-electron chi connectivity index (χ4n) is 3.31. The van der Waals surface area contributed by atoms with Crippen LogP contribution in [0.2, 0.25) is 0 Å². The molecule has 1 aliphatic rings. The van der Waals surface area contributed by atoms with Gasteiger partial charge in [-0.25, -0.2) is 4.98 Å². The summed E-state index contributed by atoms with van der Waals surface area (Å²) in [5, 5.41) is 5.03. The minimum absolute atomic E-state index is 0.0164. The predicted octanol–water partition coefficient (Wildman–Crippen LogP) is 2.15. The average Bonchev–Trinajstić information content (AvgIpc) is 3.18. The molecular weight excluding hydrogens is 348 g/mol. The van der Waals surface area contributed by atoms with Gasteiger partial charge in [-0.1, -0.05) is 12.1 Å². The van der Waals surface area contributed by atoms with Crippen molar-refractivity contribution in [3.05, 3.63) is 68.9 Å². The standard InChI is InChI=1S/C19H20N4O2S/c24-18-12-15(20-17-5-1-2-8-23(17)18)13-22-9-6-14(7-10-22)21-19(25)16-4-3-11-26-16/h1-5,8,11-12,14H,6-7,9-10,13H2,(H,21,25). The number of thiophene rings is 1. The summed E-state index contributed by atoms with van der Waals surface area (Å²) < 4.78 is 1.55. The summed E-state index contributed by atoms with van der Waals surface area (Å²) in [5.74, 6) is 0.0164. The van der Waals surface area contributed by atoms with Crippen molar-refractivity contribution in [2.45, 2.75) is 25.4 Å². The van der Waals surface area contributed by atoms with Crippen LogP contribution < -0.4 is 10.9 Å². The highest BCUT2D eigenvalue weighted by atomic mass is 32.1. The SMILES string of the molecule is O=C(NC1CCN(Cc2cc(=O)n3ccccc3n2)CC1)c1cccs1. The number of amides is 1. The van der Waals surface area contributed by atoms with E-state index in [1.165, 1.54) is 11.3 Å². The van der Waals surface area contributed by atoms with Gasteiger partial charge < -0.3 is 5.32 Å². The molecular formula is C19H20N4O2S. The molecule has 4 rings (SSSR count). The zero-order valence-electron chi connectivity index (χ0n) is 14.3. The number of nitrogens with zero attached hydrogens (tertiary/aromatic N) is 3. The molecule has 0 unspecified atom stereocenters. The highest BCUT2D eigenvalue weighted by Gasteiger charge is 2.22. The van der Waals surface area contributed by atoms with Gasteiger partial charge in [-0.3, -0.25) is 18.9 Å². The molecule has 1 fully saturated rings. The van der Waals surface area contributed by atoms with Crippen molar-refractivity contribution < 1.29 is 4.79 Å². The van der Waals surface area contributed by atoms with Gasteiger partial charge in [0.25, 0.3) is 11.5 Å². The lowest BCUT2D eigenvalue weighted by molar-refractivity contribution is 0.0912. The topological polar surface area (TPSA) is 66.7 Å². The summed E-state index contributed by atoms with van der Waals surface area (Å²) in [4.78, 5) is 32.0. The summed E-state index contributed by atoms with van der Waals surface area (Å²) in [6.07, 6.45) is 3.55. The molecule has 1 aliphatic heterocycles. The first-order valence-corrected chi connectivity index (χ1v) is 9.61. The first-order chi connectivity index (χ1) is 12.7. The van der Waals surface area contributed by atoms with E-state index in [1.807, 2.05) is 35.7 Å². The van der Waals surface area contributed by atoms with Gasteiger partial charge in [-0.2, -0.15) is 0 Å². The van der Waals surface area contributed by atoms with E-state index in [2.05, 4.69) is 15.2 Å². The molecule has 1 saturated heterocycles. The highest BCUT2D eigenvalue weighted by Crippen LogP contribution is 2.15. The summed E-state index contributed by atoms with van der Waals surface area (Å²) in [6.45, 7) is 2.42. The minimum Gasteiger partial charge on any atom is -0.349 e. The summed E-state index contributed by atoms with van der Waals surface area (Å²) >= 11 is 1.46. The third-order valence-electron chi connectivity index (χ3n) is 4.68. The van der Waals surface area contributed by atoms with E-state index in [4.69, 9.17) is 0 Å². The Morgan fingerprint density at radius 2 is 2.08 bits per heavy atom. The Balaban J connectivity index is 1.35. The first-order valence-electron chi connectivity index (χ1n) is 8.73. The molecule has 0 bridgehead atoms. The van der Waals surface area contributed by atoms with Crippen LogP contribution in [0.1, 0.15) is 28.2 Å². The van der Waals surface area contributed by atoms with Crippen LogP contribution in [0.25, 0.3) is 5.65 Å². The number of nitrogens with one attached hydrogen (secondary N) is 1. The number of likely N-dealkylation sites (tertiary alicyclic amines) is 1. The van der Waals surface area contributed by atoms with Crippen LogP contribution >= 0.6 is 11.3 Å². The summed E-state index contributed by atoms with van der Waals surface area (Å²) in [7, 11) is 0. The Kier molecular flexibility index (Phi) is 4.81. The van der Waals surface area contributed by atoms with Crippen LogP contribution in [-0.4, -0.2) is 39.3 Å². The maximum atomic E-state index is 12.2. The van der Waals surface area contributed by atoms with E-state index in [1.54, 1.807) is 16.7 Å². The normalized spacial score (nSPS) is 16.0. The van der Waals surface area contributed by atoms with E-state index in [9.17, 15) is 9.59 Å². The van der Waals surface area contributed by atoms with Crippen LogP contribution in [0, 0.1) is 0 Å². The molecule has 0 saturated carbocycles. The Hall–Kier alpha value is -2.51. The van der Waals surface area contributed by atoms with E-state index in [-0.39, 0.29) is 17.5 Å². The zero-order valence-corrected chi connectivity index (χ0v) is 15.1. The van der Waals surface area contributed by atoms with E-state index in [0.717, 1.165) is 36.5 Å². The lowest BCUT2D eigenvalue weighted by atomic mass is 10.0. The van der Waals surface area contributed by atoms with Crippen LogP contribution in [0.15, 0.2) is 52.8 Å². The quantitative estimate of drug-likeness (QED) is 0.766. The number of rotatable bonds is 4. The maximum Gasteiger partial charge on any atom is 0.261 e. The molecule has 4 heterocycles. The van der Waals surface area contributed by atoms with Crippen LogP contribution in [0.3, 0.4) is 0 Å². The van der Waals surface area contributed by atoms with Crippen molar-refractivity contribution in [1.82, 2.24) is 19.6 Å². The number of piperidine rings is 1. The van der Waals surface area contributed by atoms with Crippen molar-refractivity contribution >= 4 is 22.9 Å². The summed E-state index contributed by atoms with van der Waals surface area (Å²) in [5.41, 5.74) is 1.42. The van der Waals surface area contributed by atoms with Gasteiger partial charge in [0, 0.05) is 37.9 Å². The number of aromatic nitrogens is 2. The number of hydrogen-bond acceptors (Lipinski definition) is 5. The molecule has 6 nitrogen and oxygen atoms in total. The van der Waals surface area contributed by atoms with Crippen LogP contribution in [0.4, 0.5) is 0 Å². The summed E-state index contributed by atoms with van der Waals surface area (Å²) in [6, 6.07) is 11.1. The third-order valence-corrected chi connectivity index (χ3v) is 5.55. The van der Waals surface area contributed by atoms with Crippen molar-refractivity contribution in [3.8, 4) is 0 Å². The minimum atomic E-state index is -0.0521. The number of fused-ring (bicyclic) bond motifs is 1. The van der Waals surface area contributed by atoms with Gasteiger partial charge in [0.05, 0.1) is 10.6 Å². The zero-order chi connectivity index (χ0) is 17.9. The molecule has 0 aromatic carbocycles. The second kappa shape index (κ2) is 7.39. The Morgan fingerprint density at radius 1 is 1.23 bits per heavy atom. The molecule has 7 heteroatoms. The fraction of sp³-hybridized carbons (Fsp3) is 0.316. The van der Waals surface area contributed by atoms with Crippen molar-refractivity contribution in [2.24, 2.45) is 0 Å². The molecule has 3 aromatic heterocycles. The Morgan fingerprint density at radius 3 is 2.85 bits per heavy atom. The number of pyridine rings is 1. The van der Waals surface area contributed by atoms with Crippen LogP contribution in [0.5, 0.6) is 0 Å². The molecule has 134 valence electrons. The molecule has 1 N–H and O–H groups in total. The van der Waals surface area contributed by atoms with Gasteiger partial charge in [-0.05, 0) is 36.4 Å². The Labute approximate surface area is 155 Å². The van der Waals surface area contributed by atoms with Crippen molar-refractivity contribution in [1.29, 1.82) is 0 Å². The van der Waals surface area contributed by atoms with Gasteiger partial charge in [0.15, 0.2) is 0 Å². The number of hydrogen-bond donors (Lipinski definition) is 1. The van der Waals surface area contributed by atoms with Crippen molar-refractivity contribution in [2.75, 3.05) is 13.1 Å². The monoisotopic (exact) mass is 368 g/mol. The van der Waals surface area contributed by atoms with Crippen molar-refractivity contribution in [3.63, 3.8) is 0 Å². The highest BCUT2D eigenvalue weighted by molar-refractivity contribution is 7.12. The second-order valence-corrected chi connectivity index (χ2v) is 7.46. The smallest absolute Gasteiger partial charge is 0.261 e. The van der Waals surface area contributed by atoms with Gasteiger partial charge in [-0.15, -0.1) is 11.3 Å². The molecule has 26 heavy (non-hydrogen) atoms. The molecule has 0 radical (unpaired) electrons. The average molecular weight is 368 g/mol. The molecule has 1 amide bonds. The molecule has 0 spiro atoms. The fourth-order valence-corrected chi connectivity index (χ4v) is 3.94. The van der Waals surface area contributed by atoms with Crippen LogP contribution in [-0.2, 0) is 6.54 Å². The molecule has 3 aromatic rings. The Bertz CT molecular complexity index is 959. The number of carbonyl (C=O) groups is 1. The van der Waals surface area contributed by atoms with E-state index in [0.29, 0.717) is 12.2 Å². The van der Waals surface area contributed by atoms with Gasteiger partial charge in [0.2, 0.25) is 0 Å². The lowest BCUT2D eigenvalue weighted by Gasteiger charge is -2.32. The van der Waals surface area contributed by atoms with E-state index < -0.39 is 0 Å². The second-order valence-electron chi connectivity index (χ2n) is 6.52. The van der Waals surface area contributed by atoms with Gasteiger partial charge >= 0.3 is 0 Å². The lowest BCUT2D eigenvalue weighted by Crippen LogP contribution is -2.44. The first kappa shape index (κ1) is 16.9. The molecule has 0 aliphatic carbocycles. The molecule has 0 atom stereocenters. The third kappa shape index (κ3) is 3.68. The maximum absolute atomic E-state index is 12.2. The largest absolute Gasteiger partial charge is 0.349 e. The number of carbonyl (C=O) groups excluding carboxylic acids is 1. The van der Waals surface area contributed by atoms with Gasteiger partial charge in [0.1, 0.15) is 5.65 Å². The van der Waals surface area contributed by atoms with E-state index >= 15 is 0 Å². The predicted molar refractivity (Wildman–Crippen MR) is 102 cm³/mol.